The van der Waals surface area contributed by atoms with Gasteiger partial charge >= 0.3 is 0 Å². The average Bonchev–Trinajstić information content (AvgIpc) is 2.33. The first kappa shape index (κ1) is 8.27. The van der Waals surface area contributed by atoms with Crippen LogP contribution in [0.15, 0.2) is 24.4 Å². The number of aromatic amines is 1. The maximum Gasteiger partial charge on any atom is 0.0650 e. The first-order valence-corrected chi connectivity index (χ1v) is 3.26. The third kappa shape index (κ3) is 1.43. The quantitative estimate of drug-likeness (QED) is 0.715. The number of benzene rings is 1. The van der Waals surface area contributed by atoms with Crippen molar-refractivity contribution in [3.8, 4) is 0 Å². The lowest BCUT2D eigenvalue weighted by Crippen LogP contribution is -1.70. The van der Waals surface area contributed by atoms with Crippen LogP contribution in [0.1, 0.15) is 5.56 Å². The molecule has 0 aliphatic rings. The minimum atomic E-state index is 0. The highest BCUT2D eigenvalue weighted by molar-refractivity contribution is 8.93. The van der Waals surface area contributed by atoms with Crippen molar-refractivity contribution >= 4 is 27.9 Å². The van der Waals surface area contributed by atoms with Gasteiger partial charge in [-0.3, -0.25) is 5.10 Å². The Morgan fingerprint density at radius 1 is 1.36 bits per heavy atom. The standard InChI is InChI=1S/C8H8N2.BrH/c1-6-2-3-8-7(4-6)5-9-10-8;/h2-5H,1H3,(H,9,10);1H. The Morgan fingerprint density at radius 2 is 2.18 bits per heavy atom. The molecule has 0 amide bonds. The van der Waals surface area contributed by atoms with Crippen LogP contribution >= 0.6 is 17.0 Å². The minimum Gasteiger partial charge on any atom is -0.278 e. The Labute approximate surface area is 75.4 Å². The van der Waals surface area contributed by atoms with Crippen LogP contribution in [0.4, 0.5) is 0 Å². The van der Waals surface area contributed by atoms with Gasteiger partial charge in [0.05, 0.1) is 11.7 Å². The second-order valence-corrected chi connectivity index (χ2v) is 2.46. The Kier molecular flexibility index (Phi) is 2.29. The summed E-state index contributed by atoms with van der Waals surface area (Å²) in [5, 5.41) is 7.99. The smallest absolute Gasteiger partial charge is 0.0650 e. The normalized spacial score (nSPS) is 9.55. The molecular formula is C8H9BrN2. The van der Waals surface area contributed by atoms with E-state index in [2.05, 4.69) is 29.3 Å². The van der Waals surface area contributed by atoms with Gasteiger partial charge in [-0.25, -0.2) is 0 Å². The fourth-order valence-corrected chi connectivity index (χ4v) is 1.06. The van der Waals surface area contributed by atoms with Gasteiger partial charge in [-0.15, -0.1) is 17.0 Å². The van der Waals surface area contributed by atoms with E-state index in [4.69, 9.17) is 0 Å². The van der Waals surface area contributed by atoms with Crippen LogP contribution < -0.4 is 0 Å². The second-order valence-electron chi connectivity index (χ2n) is 2.46. The van der Waals surface area contributed by atoms with Gasteiger partial charge in [0, 0.05) is 5.39 Å². The van der Waals surface area contributed by atoms with E-state index in [9.17, 15) is 0 Å². The molecule has 2 nitrogen and oxygen atoms in total. The van der Waals surface area contributed by atoms with Gasteiger partial charge in [-0.1, -0.05) is 11.6 Å². The lowest BCUT2D eigenvalue weighted by atomic mass is 10.2. The van der Waals surface area contributed by atoms with Gasteiger partial charge in [0.2, 0.25) is 0 Å². The summed E-state index contributed by atoms with van der Waals surface area (Å²) < 4.78 is 0. The van der Waals surface area contributed by atoms with Crippen molar-refractivity contribution in [2.45, 2.75) is 6.92 Å². The third-order valence-corrected chi connectivity index (χ3v) is 1.60. The Hall–Kier alpha value is -0.830. The Bertz CT molecular complexity index is 354. The number of nitrogens with one attached hydrogen (secondary N) is 1. The van der Waals surface area contributed by atoms with Crippen LogP contribution in [0, 0.1) is 6.92 Å². The molecule has 1 aromatic heterocycles. The number of fused-ring (bicyclic) bond motifs is 1. The van der Waals surface area contributed by atoms with E-state index in [-0.39, 0.29) is 17.0 Å². The van der Waals surface area contributed by atoms with E-state index in [1.807, 2.05) is 12.3 Å². The van der Waals surface area contributed by atoms with Crippen LogP contribution in [0.25, 0.3) is 10.9 Å². The lowest BCUT2D eigenvalue weighted by Gasteiger charge is -1.89. The van der Waals surface area contributed by atoms with Crippen LogP contribution in [0.5, 0.6) is 0 Å². The fraction of sp³-hybridized carbons (Fsp3) is 0.125. The monoisotopic (exact) mass is 212 g/mol. The van der Waals surface area contributed by atoms with Crippen molar-refractivity contribution in [3.63, 3.8) is 0 Å². The number of rotatable bonds is 0. The molecule has 11 heavy (non-hydrogen) atoms. The molecule has 0 spiro atoms. The number of H-pyrrole nitrogens is 1. The van der Waals surface area contributed by atoms with E-state index in [0.29, 0.717) is 0 Å². The van der Waals surface area contributed by atoms with Gasteiger partial charge in [-0.05, 0) is 19.1 Å². The van der Waals surface area contributed by atoms with Crippen molar-refractivity contribution in [2.75, 3.05) is 0 Å². The zero-order chi connectivity index (χ0) is 6.97. The predicted molar refractivity (Wildman–Crippen MR) is 51.2 cm³/mol. The zero-order valence-corrected chi connectivity index (χ0v) is 7.88. The summed E-state index contributed by atoms with van der Waals surface area (Å²) >= 11 is 0. The summed E-state index contributed by atoms with van der Waals surface area (Å²) in [7, 11) is 0. The molecule has 0 radical (unpaired) electrons. The van der Waals surface area contributed by atoms with E-state index in [0.717, 1.165) is 5.52 Å². The van der Waals surface area contributed by atoms with E-state index in [1.54, 1.807) is 0 Å². The van der Waals surface area contributed by atoms with Crippen LogP contribution in [0.3, 0.4) is 0 Å². The molecule has 1 heterocycles. The minimum absolute atomic E-state index is 0. The number of halogens is 1. The largest absolute Gasteiger partial charge is 0.278 e. The summed E-state index contributed by atoms with van der Waals surface area (Å²) in [6.07, 6.45) is 1.84. The molecule has 1 N–H and O–H groups in total. The number of hydrogen-bond acceptors (Lipinski definition) is 1. The van der Waals surface area contributed by atoms with Crippen LogP contribution in [0.2, 0.25) is 0 Å². The van der Waals surface area contributed by atoms with Crippen molar-refractivity contribution in [3.05, 3.63) is 30.0 Å². The van der Waals surface area contributed by atoms with Crippen molar-refractivity contribution in [1.82, 2.24) is 10.2 Å². The maximum atomic E-state index is 3.92. The van der Waals surface area contributed by atoms with Gasteiger partial charge < -0.3 is 0 Å². The van der Waals surface area contributed by atoms with Gasteiger partial charge in [-0.2, -0.15) is 5.10 Å². The summed E-state index contributed by atoms with van der Waals surface area (Å²) in [5.41, 5.74) is 2.37. The fourth-order valence-electron chi connectivity index (χ4n) is 1.06. The molecule has 0 saturated carbocycles. The molecule has 0 unspecified atom stereocenters. The highest BCUT2D eigenvalue weighted by Gasteiger charge is 1.92. The zero-order valence-electron chi connectivity index (χ0n) is 6.16. The van der Waals surface area contributed by atoms with Crippen LogP contribution in [-0.2, 0) is 0 Å². The molecular weight excluding hydrogens is 204 g/mol. The van der Waals surface area contributed by atoms with E-state index in [1.165, 1.54) is 10.9 Å². The van der Waals surface area contributed by atoms with Gasteiger partial charge in [0.1, 0.15) is 0 Å². The molecule has 0 atom stereocenters. The molecule has 0 fully saturated rings. The summed E-state index contributed by atoms with van der Waals surface area (Å²) in [6, 6.07) is 6.22. The Balaban J connectivity index is 0.000000605. The molecule has 3 heteroatoms. The molecule has 0 aliphatic heterocycles. The first-order valence-electron chi connectivity index (χ1n) is 3.26. The van der Waals surface area contributed by atoms with Gasteiger partial charge in [0.15, 0.2) is 0 Å². The second kappa shape index (κ2) is 3.05. The summed E-state index contributed by atoms with van der Waals surface area (Å²) in [5.74, 6) is 0. The topological polar surface area (TPSA) is 28.7 Å². The average molecular weight is 213 g/mol. The highest BCUT2D eigenvalue weighted by atomic mass is 79.9. The molecule has 0 saturated heterocycles. The molecule has 2 aromatic rings. The van der Waals surface area contributed by atoms with E-state index >= 15 is 0 Å². The number of aryl methyl sites for hydroxylation is 1. The van der Waals surface area contributed by atoms with Crippen molar-refractivity contribution in [1.29, 1.82) is 0 Å². The summed E-state index contributed by atoms with van der Waals surface area (Å²) in [6.45, 7) is 2.08. The number of hydrogen-bond donors (Lipinski definition) is 1. The Morgan fingerprint density at radius 3 is 3.00 bits per heavy atom. The number of aromatic nitrogens is 2. The maximum absolute atomic E-state index is 3.92. The molecule has 0 bridgehead atoms. The molecule has 0 aliphatic carbocycles. The highest BCUT2D eigenvalue weighted by Crippen LogP contribution is 2.11. The van der Waals surface area contributed by atoms with Gasteiger partial charge in [0.25, 0.3) is 0 Å². The predicted octanol–water partition coefficient (Wildman–Crippen LogP) is 2.45. The molecule has 1 aromatic carbocycles. The lowest BCUT2D eigenvalue weighted by molar-refractivity contribution is 1.12. The SMILES string of the molecule is Br.Cc1ccc2[nH]ncc2c1. The van der Waals surface area contributed by atoms with Crippen LogP contribution in [-0.4, -0.2) is 10.2 Å². The molecule has 2 rings (SSSR count). The third-order valence-electron chi connectivity index (χ3n) is 1.60. The number of nitrogens with zero attached hydrogens (tertiary/aromatic N) is 1. The first-order chi connectivity index (χ1) is 4.86. The van der Waals surface area contributed by atoms with E-state index < -0.39 is 0 Å². The summed E-state index contributed by atoms with van der Waals surface area (Å²) in [4.78, 5) is 0. The molecule has 58 valence electrons. The van der Waals surface area contributed by atoms with Crippen molar-refractivity contribution in [2.24, 2.45) is 0 Å². The van der Waals surface area contributed by atoms with Crippen molar-refractivity contribution < 1.29 is 0 Å².